The number of methoxy groups -OCH3 is 1. The predicted octanol–water partition coefficient (Wildman–Crippen LogP) is 1.79. The van der Waals surface area contributed by atoms with Crippen molar-refractivity contribution in [2.45, 2.75) is 13.0 Å². The van der Waals surface area contributed by atoms with Crippen LogP contribution in [0.15, 0.2) is 18.2 Å². The third-order valence-electron chi connectivity index (χ3n) is 2.46. The van der Waals surface area contributed by atoms with Crippen molar-refractivity contribution in [3.8, 4) is 0 Å². The summed E-state index contributed by atoms with van der Waals surface area (Å²) in [7, 11) is 3.45. The van der Waals surface area contributed by atoms with Crippen LogP contribution in [0.5, 0.6) is 0 Å². The molecule has 1 N–H and O–H groups in total. The van der Waals surface area contributed by atoms with Gasteiger partial charge in [0, 0.05) is 32.9 Å². The quantitative estimate of drug-likeness (QED) is 0.752. The Kier molecular flexibility index (Phi) is 5.22. The van der Waals surface area contributed by atoms with Crippen LogP contribution in [0.3, 0.4) is 0 Å². The molecule has 0 aliphatic rings. The topological polar surface area (TPSA) is 32.7 Å². The van der Waals surface area contributed by atoms with E-state index < -0.39 is 0 Å². The van der Waals surface area contributed by atoms with Gasteiger partial charge in [-0.1, -0.05) is 12.1 Å². The van der Waals surface area contributed by atoms with Crippen molar-refractivity contribution in [2.75, 3.05) is 32.2 Å². The average molecular weight is 227 g/mol. The second-order valence-electron chi connectivity index (χ2n) is 3.67. The number of para-hydroxylation sites is 1. The number of rotatable bonds is 6. The van der Waals surface area contributed by atoms with E-state index in [0.717, 1.165) is 6.42 Å². The molecule has 1 aromatic carbocycles. The van der Waals surface area contributed by atoms with Crippen molar-refractivity contribution in [1.29, 1.82) is 0 Å². The molecule has 3 nitrogen and oxygen atoms in total. The highest BCUT2D eigenvalue weighted by molar-refractivity contribution is 5.54. The maximum Gasteiger partial charge on any atom is 0.146 e. The molecule has 4 heteroatoms. The van der Waals surface area contributed by atoms with Crippen LogP contribution in [0.1, 0.15) is 12.0 Å². The fourth-order valence-corrected chi connectivity index (χ4v) is 1.67. The molecule has 0 spiro atoms. The van der Waals surface area contributed by atoms with Crippen LogP contribution in [0.2, 0.25) is 0 Å². The zero-order chi connectivity index (χ0) is 12.0. The molecule has 0 amide bonds. The van der Waals surface area contributed by atoms with Gasteiger partial charge in [0.25, 0.3) is 0 Å². The molecule has 0 aromatic heterocycles. The molecule has 1 aromatic rings. The summed E-state index contributed by atoms with van der Waals surface area (Å²) in [6.45, 7) is 1.19. The SMILES string of the molecule is COCCCN(C)c1c(F)cccc1CO. The first-order chi connectivity index (χ1) is 7.70. The second kappa shape index (κ2) is 6.45. The molecular weight excluding hydrogens is 209 g/mol. The summed E-state index contributed by atoms with van der Waals surface area (Å²) in [5, 5.41) is 9.15. The number of hydrogen-bond acceptors (Lipinski definition) is 3. The Labute approximate surface area is 95.5 Å². The molecule has 0 bridgehead atoms. The molecular formula is C12H18FNO2. The van der Waals surface area contributed by atoms with Gasteiger partial charge in [-0.05, 0) is 12.5 Å². The molecule has 0 unspecified atom stereocenters. The maximum absolute atomic E-state index is 13.6. The Balaban J connectivity index is 2.76. The number of halogens is 1. The van der Waals surface area contributed by atoms with Gasteiger partial charge in [-0.3, -0.25) is 0 Å². The van der Waals surface area contributed by atoms with Gasteiger partial charge in [-0.25, -0.2) is 4.39 Å². The van der Waals surface area contributed by atoms with E-state index in [4.69, 9.17) is 9.84 Å². The van der Waals surface area contributed by atoms with E-state index in [0.29, 0.717) is 24.4 Å². The van der Waals surface area contributed by atoms with Gasteiger partial charge in [0.05, 0.1) is 12.3 Å². The van der Waals surface area contributed by atoms with Crippen molar-refractivity contribution < 1.29 is 14.2 Å². The Morgan fingerprint density at radius 2 is 2.19 bits per heavy atom. The minimum absolute atomic E-state index is 0.151. The van der Waals surface area contributed by atoms with E-state index in [1.807, 2.05) is 7.05 Å². The fourth-order valence-electron chi connectivity index (χ4n) is 1.67. The van der Waals surface area contributed by atoms with Crippen molar-refractivity contribution >= 4 is 5.69 Å². The highest BCUT2D eigenvalue weighted by Crippen LogP contribution is 2.23. The van der Waals surface area contributed by atoms with Crippen LogP contribution < -0.4 is 4.90 Å². The van der Waals surface area contributed by atoms with E-state index in [-0.39, 0.29) is 12.4 Å². The number of benzene rings is 1. The Morgan fingerprint density at radius 3 is 2.81 bits per heavy atom. The summed E-state index contributed by atoms with van der Waals surface area (Å²) in [5.41, 5.74) is 1.08. The van der Waals surface area contributed by atoms with Gasteiger partial charge in [0.2, 0.25) is 0 Å². The first-order valence-electron chi connectivity index (χ1n) is 5.29. The Morgan fingerprint density at radius 1 is 1.44 bits per heavy atom. The lowest BCUT2D eigenvalue weighted by molar-refractivity contribution is 0.196. The van der Waals surface area contributed by atoms with E-state index in [1.165, 1.54) is 6.07 Å². The summed E-state index contributed by atoms with van der Waals surface area (Å²) in [4.78, 5) is 1.81. The van der Waals surface area contributed by atoms with Crippen LogP contribution in [0.25, 0.3) is 0 Å². The molecule has 0 aliphatic carbocycles. The zero-order valence-corrected chi connectivity index (χ0v) is 9.74. The minimum Gasteiger partial charge on any atom is -0.392 e. The van der Waals surface area contributed by atoms with Crippen molar-refractivity contribution in [2.24, 2.45) is 0 Å². The highest BCUT2D eigenvalue weighted by Gasteiger charge is 2.11. The van der Waals surface area contributed by atoms with Crippen LogP contribution in [-0.2, 0) is 11.3 Å². The van der Waals surface area contributed by atoms with Crippen molar-refractivity contribution in [3.63, 3.8) is 0 Å². The number of hydrogen-bond donors (Lipinski definition) is 1. The summed E-state index contributed by atoms with van der Waals surface area (Å²) < 4.78 is 18.6. The van der Waals surface area contributed by atoms with Crippen LogP contribution in [-0.4, -0.2) is 32.4 Å². The molecule has 0 heterocycles. The molecule has 1 rings (SSSR count). The van der Waals surface area contributed by atoms with E-state index >= 15 is 0 Å². The third kappa shape index (κ3) is 3.18. The van der Waals surface area contributed by atoms with E-state index in [9.17, 15) is 4.39 Å². The minimum atomic E-state index is -0.300. The molecule has 0 aliphatic heterocycles. The van der Waals surface area contributed by atoms with Crippen LogP contribution in [0.4, 0.5) is 10.1 Å². The maximum atomic E-state index is 13.6. The molecule has 0 fully saturated rings. The molecule has 0 atom stereocenters. The van der Waals surface area contributed by atoms with Gasteiger partial charge < -0.3 is 14.7 Å². The Hall–Kier alpha value is -1.13. The normalized spacial score (nSPS) is 10.5. The predicted molar refractivity (Wildman–Crippen MR) is 62.1 cm³/mol. The van der Waals surface area contributed by atoms with E-state index in [2.05, 4.69) is 0 Å². The summed E-state index contributed by atoms with van der Waals surface area (Å²) in [6.07, 6.45) is 0.826. The smallest absolute Gasteiger partial charge is 0.146 e. The van der Waals surface area contributed by atoms with Crippen molar-refractivity contribution in [1.82, 2.24) is 0 Å². The number of aliphatic hydroxyl groups is 1. The zero-order valence-electron chi connectivity index (χ0n) is 9.74. The van der Waals surface area contributed by atoms with Gasteiger partial charge in [-0.15, -0.1) is 0 Å². The summed E-state index contributed by atoms with van der Waals surface area (Å²) in [6, 6.07) is 4.74. The summed E-state index contributed by atoms with van der Waals surface area (Å²) in [5.74, 6) is -0.300. The average Bonchev–Trinajstić information content (AvgIpc) is 2.28. The van der Waals surface area contributed by atoms with Gasteiger partial charge in [0.15, 0.2) is 0 Å². The molecule has 90 valence electrons. The third-order valence-corrected chi connectivity index (χ3v) is 2.46. The monoisotopic (exact) mass is 227 g/mol. The molecule has 0 radical (unpaired) electrons. The lowest BCUT2D eigenvalue weighted by atomic mass is 10.1. The standard InChI is InChI=1S/C12H18FNO2/c1-14(7-4-8-16-2)12-10(9-15)5-3-6-11(12)13/h3,5-6,15H,4,7-9H2,1-2H3. The van der Waals surface area contributed by atoms with Gasteiger partial charge in [-0.2, -0.15) is 0 Å². The van der Waals surface area contributed by atoms with Gasteiger partial charge in [0.1, 0.15) is 5.82 Å². The van der Waals surface area contributed by atoms with E-state index in [1.54, 1.807) is 24.1 Å². The van der Waals surface area contributed by atoms with Crippen LogP contribution >= 0.6 is 0 Å². The lowest BCUT2D eigenvalue weighted by Gasteiger charge is -2.22. The highest BCUT2D eigenvalue weighted by atomic mass is 19.1. The lowest BCUT2D eigenvalue weighted by Crippen LogP contribution is -2.22. The molecule has 0 saturated carbocycles. The first-order valence-corrected chi connectivity index (χ1v) is 5.29. The van der Waals surface area contributed by atoms with Crippen LogP contribution in [0, 0.1) is 5.82 Å². The van der Waals surface area contributed by atoms with Gasteiger partial charge >= 0.3 is 0 Å². The molecule has 0 saturated heterocycles. The molecule has 16 heavy (non-hydrogen) atoms. The van der Waals surface area contributed by atoms with Crippen molar-refractivity contribution in [3.05, 3.63) is 29.6 Å². The number of anilines is 1. The second-order valence-corrected chi connectivity index (χ2v) is 3.67. The number of ether oxygens (including phenoxy) is 1. The largest absolute Gasteiger partial charge is 0.392 e. The number of aliphatic hydroxyl groups excluding tert-OH is 1. The first kappa shape index (κ1) is 12.9. The Bertz CT molecular complexity index is 331. The number of nitrogens with zero attached hydrogens (tertiary/aromatic N) is 1. The fraction of sp³-hybridized carbons (Fsp3) is 0.500. The summed E-state index contributed by atoms with van der Waals surface area (Å²) >= 11 is 0.